The van der Waals surface area contributed by atoms with Crippen molar-refractivity contribution in [3.05, 3.63) is 40.8 Å². The van der Waals surface area contributed by atoms with E-state index in [0.717, 1.165) is 6.20 Å². The highest BCUT2D eigenvalue weighted by Gasteiger charge is 2.14. The van der Waals surface area contributed by atoms with Gasteiger partial charge in [0, 0.05) is 12.3 Å². The number of hydrogen-bond acceptors (Lipinski definition) is 5. The van der Waals surface area contributed by atoms with Crippen molar-refractivity contribution >= 4 is 24.0 Å². The van der Waals surface area contributed by atoms with Crippen molar-refractivity contribution in [1.29, 1.82) is 0 Å². The zero-order valence-electron chi connectivity index (χ0n) is 10.0. The molecule has 1 aromatic heterocycles. The van der Waals surface area contributed by atoms with E-state index in [4.69, 9.17) is 27.8 Å². The van der Waals surface area contributed by atoms with Gasteiger partial charge in [-0.15, -0.1) is 0 Å². The fraction of sp³-hybridized carbons (Fsp3) is 0.0833. The Kier molecular flexibility index (Phi) is 3.48. The molecule has 3 N–H and O–H groups in total. The van der Waals surface area contributed by atoms with Crippen LogP contribution in [0.15, 0.2) is 30.5 Å². The zero-order chi connectivity index (χ0) is 14.0. The summed E-state index contributed by atoms with van der Waals surface area (Å²) in [6.45, 7) is 0. The van der Waals surface area contributed by atoms with Crippen LogP contribution in [0.5, 0.6) is 5.75 Å². The number of aromatic carboxylic acids is 1. The first-order valence-corrected chi connectivity index (χ1v) is 5.70. The Morgan fingerprint density at radius 2 is 2.26 bits per heavy atom. The molecule has 7 heteroatoms. The van der Waals surface area contributed by atoms with Gasteiger partial charge in [-0.2, -0.15) is 0 Å². The van der Waals surface area contributed by atoms with Crippen LogP contribution in [0.1, 0.15) is 10.4 Å². The number of hydrogen-bond donors (Lipinski definition) is 2. The first kappa shape index (κ1) is 13.0. The van der Waals surface area contributed by atoms with Crippen LogP contribution in [0.25, 0.3) is 5.69 Å². The average Bonchev–Trinajstić information content (AvgIpc) is 2.38. The molecule has 0 atom stereocenters. The maximum atomic E-state index is 11.0. The third-order valence-electron chi connectivity index (χ3n) is 2.55. The minimum absolute atomic E-state index is 0.0285. The molecule has 2 aromatic rings. The topological polar surface area (TPSA) is 90.4 Å². The Morgan fingerprint density at radius 3 is 2.89 bits per heavy atom. The number of aromatic nitrogens is 2. The van der Waals surface area contributed by atoms with Crippen LogP contribution < -0.4 is 10.5 Å². The molecule has 0 saturated heterocycles. The molecule has 0 radical (unpaired) electrons. The molecular weight excluding hydrogens is 266 g/mol. The molecule has 1 heterocycles. The van der Waals surface area contributed by atoms with Crippen molar-refractivity contribution in [1.82, 2.24) is 9.55 Å². The summed E-state index contributed by atoms with van der Waals surface area (Å²) in [5.41, 5.74) is 6.34. The van der Waals surface area contributed by atoms with E-state index in [1.807, 2.05) is 0 Å². The summed E-state index contributed by atoms with van der Waals surface area (Å²) >= 11 is 5.09. The van der Waals surface area contributed by atoms with Crippen LogP contribution >= 0.6 is 12.2 Å². The van der Waals surface area contributed by atoms with Gasteiger partial charge in [0.05, 0.1) is 12.8 Å². The van der Waals surface area contributed by atoms with Gasteiger partial charge in [-0.1, -0.05) is 6.07 Å². The Labute approximate surface area is 114 Å². The molecule has 2 rings (SSSR count). The van der Waals surface area contributed by atoms with Crippen molar-refractivity contribution in [2.45, 2.75) is 0 Å². The van der Waals surface area contributed by atoms with Gasteiger partial charge in [-0.05, 0) is 24.4 Å². The number of ether oxygens (including phenoxy) is 1. The van der Waals surface area contributed by atoms with Crippen molar-refractivity contribution in [3.8, 4) is 11.4 Å². The van der Waals surface area contributed by atoms with Gasteiger partial charge in [0.2, 0.25) is 4.77 Å². The highest BCUT2D eigenvalue weighted by atomic mass is 32.1. The standard InChI is InChI=1S/C12H11N3O3S/c1-18-8-4-2-3-7(5-8)15-10(13)9(11(16)17)6-14-12(15)19/h2-6H,13H2,1H3,(H,16,17). The second-order valence-electron chi connectivity index (χ2n) is 3.68. The lowest BCUT2D eigenvalue weighted by Crippen LogP contribution is -2.13. The Balaban J connectivity index is 2.70. The lowest BCUT2D eigenvalue weighted by molar-refractivity contribution is 0.0697. The Morgan fingerprint density at radius 1 is 1.53 bits per heavy atom. The first-order chi connectivity index (χ1) is 9.04. The summed E-state index contributed by atoms with van der Waals surface area (Å²) in [7, 11) is 1.54. The van der Waals surface area contributed by atoms with Gasteiger partial charge in [0.1, 0.15) is 17.1 Å². The maximum Gasteiger partial charge on any atom is 0.340 e. The summed E-state index contributed by atoms with van der Waals surface area (Å²) < 4.78 is 6.68. The molecule has 0 spiro atoms. The van der Waals surface area contributed by atoms with E-state index in [1.54, 1.807) is 24.3 Å². The first-order valence-electron chi connectivity index (χ1n) is 5.30. The van der Waals surface area contributed by atoms with Crippen LogP contribution in [0.3, 0.4) is 0 Å². The third kappa shape index (κ3) is 2.41. The lowest BCUT2D eigenvalue weighted by atomic mass is 10.2. The van der Waals surface area contributed by atoms with Crippen LogP contribution in [-0.2, 0) is 0 Å². The SMILES string of the molecule is COc1cccc(-n2c(N)c(C(=O)O)cnc2=S)c1. The fourth-order valence-electron chi connectivity index (χ4n) is 1.63. The van der Waals surface area contributed by atoms with Crippen molar-refractivity contribution in [2.24, 2.45) is 0 Å². The monoisotopic (exact) mass is 277 g/mol. The smallest absolute Gasteiger partial charge is 0.340 e. The second-order valence-corrected chi connectivity index (χ2v) is 4.05. The van der Waals surface area contributed by atoms with Crippen molar-refractivity contribution in [2.75, 3.05) is 12.8 Å². The number of benzene rings is 1. The number of carboxylic acid groups (broad SMARTS) is 1. The van der Waals surface area contributed by atoms with Crippen LogP contribution in [-0.4, -0.2) is 27.7 Å². The zero-order valence-corrected chi connectivity index (χ0v) is 10.8. The van der Waals surface area contributed by atoms with E-state index in [-0.39, 0.29) is 16.2 Å². The van der Waals surface area contributed by atoms with Crippen LogP contribution in [0, 0.1) is 4.77 Å². The fourth-order valence-corrected chi connectivity index (χ4v) is 1.89. The Hall–Kier alpha value is -2.41. The number of anilines is 1. The summed E-state index contributed by atoms with van der Waals surface area (Å²) in [4.78, 5) is 14.9. The largest absolute Gasteiger partial charge is 0.497 e. The molecule has 1 aromatic carbocycles. The number of methoxy groups -OCH3 is 1. The minimum atomic E-state index is -1.16. The van der Waals surface area contributed by atoms with Gasteiger partial charge in [0.25, 0.3) is 0 Å². The molecule has 0 aliphatic rings. The number of nitrogens with zero attached hydrogens (tertiary/aromatic N) is 2. The van der Waals surface area contributed by atoms with E-state index >= 15 is 0 Å². The minimum Gasteiger partial charge on any atom is -0.497 e. The molecule has 0 unspecified atom stereocenters. The van der Waals surface area contributed by atoms with E-state index in [1.165, 1.54) is 11.7 Å². The molecule has 0 bridgehead atoms. The summed E-state index contributed by atoms with van der Waals surface area (Å²) in [5, 5.41) is 9.04. The van der Waals surface area contributed by atoms with Crippen molar-refractivity contribution < 1.29 is 14.6 Å². The number of nitrogen functional groups attached to an aromatic ring is 1. The van der Waals surface area contributed by atoms with Gasteiger partial charge >= 0.3 is 5.97 Å². The molecule has 6 nitrogen and oxygen atoms in total. The number of nitrogens with two attached hydrogens (primary N) is 1. The van der Waals surface area contributed by atoms with E-state index < -0.39 is 5.97 Å². The molecule has 0 amide bonds. The maximum absolute atomic E-state index is 11.0. The molecule has 0 saturated carbocycles. The number of carboxylic acids is 1. The number of rotatable bonds is 3. The third-order valence-corrected chi connectivity index (χ3v) is 2.84. The number of carbonyl (C=O) groups is 1. The molecule has 0 aliphatic carbocycles. The second kappa shape index (κ2) is 5.07. The van der Waals surface area contributed by atoms with Gasteiger partial charge < -0.3 is 15.6 Å². The van der Waals surface area contributed by atoms with Crippen molar-refractivity contribution in [3.63, 3.8) is 0 Å². The van der Waals surface area contributed by atoms with Crippen LogP contribution in [0.2, 0.25) is 0 Å². The average molecular weight is 277 g/mol. The van der Waals surface area contributed by atoms with Gasteiger partial charge in [-0.25, -0.2) is 9.78 Å². The normalized spacial score (nSPS) is 10.2. The Bertz CT molecular complexity index is 697. The molecule has 0 fully saturated rings. The quantitative estimate of drug-likeness (QED) is 0.833. The predicted octanol–water partition coefficient (Wildman–Crippen LogP) is 1.89. The molecule has 0 aliphatic heterocycles. The van der Waals surface area contributed by atoms with Gasteiger partial charge in [0.15, 0.2) is 0 Å². The molecular formula is C12H11N3O3S. The molecule has 19 heavy (non-hydrogen) atoms. The van der Waals surface area contributed by atoms with E-state index in [0.29, 0.717) is 11.4 Å². The highest BCUT2D eigenvalue weighted by Crippen LogP contribution is 2.21. The van der Waals surface area contributed by atoms with Gasteiger partial charge in [-0.3, -0.25) is 4.57 Å². The van der Waals surface area contributed by atoms with Crippen LogP contribution in [0.4, 0.5) is 5.82 Å². The van der Waals surface area contributed by atoms with E-state index in [2.05, 4.69) is 4.98 Å². The van der Waals surface area contributed by atoms with E-state index in [9.17, 15) is 4.79 Å². The summed E-state index contributed by atoms with van der Waals surface area (Å²) in [6.07, 6.45) is 1.15. The summed E-state index contributed by atoms with van der Waals surface area (Å²) in [5.74, 6) is -0.517. The molecule has 98 valence electrons. The highest BCUT2D eigenvalue weighted by molar-refractivity contribution is 7.71. The predicted molar refractivity (Wildman–Crippen MR) is 72.3 cm³/mol. The summed E-state index contributed by atoms with van der Waals surface area (Å²) in [6, 6.07) is 6.95. The lowest BCUT2D eigenvalue weighted by Gasteiger charge is -2.12.